The van der Waals surface area contributed by atoms with Crippen LogP contribution >= 0.6 is 0 Å². The Morgan fingerprint density at radius 3 is 2.95 bits per heavy atom. The van der Waals surface area contributed by atoms with Crippen molar-refractivity contribution in [2.45, 2.75) is 56.7 Å². The van der Waals surface area contributed by atoms with Crippen LogP contribution in [-0.2, 0) is 16.4 Å². The molecule has 2 atom stereocenters. The summed E-state index contributed by atoms with van der Waals surface area (Å²) >= 11 is 0. The zero-order valence-corrected chi connectivity index (χ0v) is 12.2. The molecule has 1 aromatic rings. The molecular formula is C12H21N3O3S. The first-order chi connectivity index (χ1) is 8.95. The quantitative estimate of drug-likeness (QED) is 0.842. The predicted molar refractivity (Wildman–Crippen MR) is 71.2 cm³/mol. The molecule has 1 aromatic heterocycles. The zero-order chi connectivity index (χ0) is 14.0. The minimum absolute atomic E-state index is 0.113. The first-order valence-electron chi connectivity index (χ1n) is 6.69. The Balaban J connectivity index is 2.23. The Bertz CT molecular complexity index is 524. The lowest BCUT2D eigenvalue weighted by molar-refractivity contribution is 0.157. The minimum atomic E-state index is -3.52. The van der Waals surface area contributed by atoms with E-state index in [0.717, 1.165) is 12.8 Å². The van der Waals surface area contributed by atoms with E-state index in [1.807, 2.05) is 6.92 Å². The number of aromatic nitrogens is 2. The van der Waals surface area contributed by atoms with Crippen LogP contribution in [0.1, 0.15) is 38.9 Å². The van der Waals surface area contributed by atoms with Gasteiger partial charge in [-0.25, -0.2) is 13.4 Å². The number of aryl methyl sites for hydroxylation is 1. The van der Waals surface area contributed by atoms with Gasteiger partial charge in [-0.3, -0.25) is 0 Å². The van der Waals surface area contributed by atoms with E-state index >= 15 is 0 Å². The van der Waals surface area contributed by atoms with Gasteiger partial charge in [0.15, 0.2) is 5.03 Å². The highest BCUT2D eigenvalue weighted by Gasteiger charge is 2.36. The highest BCUT2D eigenvalue weighted by atomic mass is 32.2. The van der Waals surface area contributed by atoms with Gasteiger partial charge in [0.2, 0.25) is 0 Å². The largest absolute Gasteiger partial charge is 0.393 e. The van der Waals surface area contributed by atoms with Crippen molar-refractivity contribution in [3.05, 3.63) is 12.0 Å². The Morgan fingerprint density at radius 1 is 1.63 bits per heavy atom. The summed E-state index contributed by atoms with van der Waals surface area (Å²) in [5.41, 5.74) is 0. The molecule has 2 heterocycles. The lowest BCUT2D eigenvalue weighted by Crippen LogP contribution is -2.37. The minimum Gasteiger partial charge on any atom is -0.393 e. The van der Waals surface area contributed by atoms with Gasteiger partial charge in [0.25, 0.3) is 10.0 Å². The second-order valence-electron chi connectivity index (χ2n) is 5.04. The molecule has 1 aliphatic rings. The molecule has 19 heavy (non-hydrogen) atoms. The fraction of sp³-hybridized carbons (Fsp3) is 0.750. The molecule has 1 aliphatic heterocycles. The number of aliphatic hydroxyl groups excluding tert-OH is 1. The van der Waals surface area contributed by atoms with Crippen LogP contribution in [-0.4, -0.2) is 46.5 Å². The van der Waals surface area contributed by atoms with Crippen LogP contribution in [0.3, 0.4) is 0 Å². The number of aromatic amines is 1. The number of imidazole rings is 1. The molecular weight excluding hydrogens is 266 g/mol. The van der Waals surface area contributed by atoms with Crippen molar-refractivity contribution in [2.24, 2.45) is 0 Å². The number of aliphatic hydroxyl groups is 1. The number of nitrogens with one attached hydrogen (secondary N) is 1. The van der Waals surface area contributed by atoms with Gasteiger partial charge in [0.1, 0.15) is 5.82 Å². The van der Waals surface area contributed by atoms with Crippen LogP contribution in [0, 0.1) is 0 Å². The second kappa shape index (κ2) is 5.60. The third-order valence-electron chi connectivity index (χ3n) is 3.46. The van der Waals surface area contributed by atoms with Crippen LogP contribution in [0.2, 0.25) is 0 Å². The summed E-state index contributed by atoms with van der Waals surface area (Å²) in [6.07, 6.45) is 3.69. The SMILES string of the molecule is CCc1ncc(S(=O)(=O)N2CCCC2CC(C)O)[nH]1. The van der Waals surface area contributed by atoms with Gasteiger partial charge in [-0.15, -0.1) is 0 Å². The summed E-state index contributed by atoms with van der Waals surface area (Å²) in [7, 11) is -3.52. The van der Waals surface area contributed by atoms with Gasteiger partial charge in [0.05, 0.1) is 12.3 Å². The molecule has 2 unspecified atom stereocenters. The topological polar surface area (TPSA) is 86.3 Å². The summed E-state index contributed by atoms with van der Waals surface area (Å²) in [5.74, 6) is 0.671. The lowest BCUT2D eigenvalue weighted by Gasteiger charge is -2.24. The number of nitrogens with zero attached hydrogens (tertiary/aromatic N) is 2. The Morgan fingerprint density at radius 2 is 2.37 bits per heavy atom. The summed E-state index contributed by atoms with van der Waals surface area (Å²) in [5, 5.41) is 9.62. The van der Waals surface area contributed by atoms with Crippen molar-refractivity contribution < 1.29 is 13.5 Å². The fourth-order valence-electron chi connectivity index (χ4n) is 2.54. The van der Waals surface area contributed by atoms with Crippen LogP contribution in [0.25, 0.3) is 0 Å². The van der Waals surface area contributed by atoms with Crippen molar-refractivity contribution in [3.8, 4) is 0 Å². The number of sulfonamides is 1. The van der Waals surface area contributed by atoms with Gasteiger partial charge in [-0.2, -0.15) is 4.31 Å². The van der Waals surface area contributed by atoms with Crippen LogP contribution in [0.5, 0.6) is 0 Å². The third-order valence-corrected chi connectivity index (χ3v) is 5.32. The Hall–Kier alpha value is -0.920. The van der Waals surface area contributed by atoms with Crippen LogP contribution < -0.4 is 0 Å². The van der Waals surface area contributed by atoms with E-state index < -0.39 is 16.1 Å². The molecule has 0 aliphatic carbocycles. The first kappa shape index (κ1) is 14.5. The average molecular weight is 287 g/mol. The predicted octanol–water partition coefficient (Wildman–Crippen LogP) is 0.896. The molecule has 1 saturated heterocycles. The van der Waals surface area contributed by atoms with Crippen molar-refractivity contribution >= 4 is 10.0 Å². The summed E-state index contributed by atoms with van der Waals surface area (Å²) < 4.78 is 26.6. The molecule has 0 radical (unpaired) electrons. The maximum Gasteiger partial charge on any atom is 0.260 e. The van der Waals surface area contributed by atoms with Gasteiger partial charge in [-0.05, 0) is 26.2 Å². The maximum absolute atomic E-state index is 12.5. The van der Waals surface area contributed by atoms with Gasteiger partial charge in [-0.1, -0.05) is 6.92 Å². The number of hydrogen-bond acceptors (Lipinski definition) is 4. The maximum atomic E-state index is 12.5. The highest BCUT2D eigenvalue weighted by Crippen LogP contribution is 2.27. The molecule has 0 bridgehead atoms. The van der Waals surface area contributed by atoms with Crippen molar-refractivity contribution in [1.29, 1.82) is 0 Å². The molecule has 7 heteroatoms. The van der Waals surface area contributed by atoms with Crippen molar-refractivity contribution in [3.63, 3.8) is 0 Å². The Labute approximate surface area is 113 Å². The molecule has 0 amide bonds. The van der Waals surface area contributed by atoms with E-state index in [9.17, 15) is 13.5 Å². The molecule has 1 fully saturated rings. The smallest absolute Gasteiger partial charge is 0.260 e. The zero-order valence-electron chi connectivity index (χ0n) is 11.3. The number of rotatable bonds is 5. The molecule has 0 aromatic carbocycles. The molecule has 108 valence electrons. The molecule has 0 spiro atoms. The van der Waals surface area contributed by atoms with E-state index in [-0.39, 0.29) is 11.1 Å². The van der Waals surface area contributed by atoms with E-state index in [4.69, 9.17) is 0 Å². The number of hydrogen-bond donors (Lipinski definition) is 2. The van der Waals surface area contributed by atoms with Crippen LogP contribution in [0.4, 0.5) is 0 Å². The fourth-order valence-corrected chi connectivity index (χ4v) is 4.17. The average Bonchev–Trinajstić information content (AvgIpc) is 2.95. The standard InChI is InChI=1S/C12H21N3O3S/c1-3-11-13-8-12(14-11)19(17,18)15-6-4-5-10(15)7-9(2)16/h8-10,16H,3-7H2,1-2H3,(H,13,14). The van der Waals surface area contributed by atoms with E-state index in [2.05, 4.69) is 9.97 Å². The molecule has 2 N–H and O–H groups in total. The van der Waals surface area contributed by atoms with E-state index in [1.165, 1.54) is 10.5 Å². The van der Waals surface area contributed by atoms with E-state index in [1.54, 1.807) is 6.92 Å². The second-order valence-corrected chi connectivity index (χ2v) is 6.90. The van der Waals surface area contributed by atoms with Crippen LogP contribution in [0.15, 0.2) is 11.2 Å². The van der Waals surface area contributed by atoms with Gasteiger partial charge in [0, 0.05) is 19.0 Å². The van der Waals surface area contributed by atoms with Crippen molar-refractivity contribution in [1.82, 2.24) is 14.3 Å². The normalized spacial score (nSPS) is 22.8. The third kappa shape index (κ3) is 2.98. The molecule has 6 nitrogen and oxygen atoms in total. The first-order valence-corrected chi connectivity index (χ1v) is 8.13. The Kier molecular flexibility index (Phi) is 4.27. The molecule has 0 saturated carbocycles. The monoisotopic (exact) mass is 287 g/mol. The summed E-state index contributed by atoms with van der Waals surface area (Å²) in [6, 6.07) is -0.113. The summed E-state index contributed by atoms with van der Waals surface area (Å²) in [4.78, 5) is 6.90. The number of H-pyrrole nitrogens is 1. The lowest BCUT2D eigenvalue weighted by atomic mass is 10.1. The van der Waals surface area contributed by atoms with E-state index in [0.29, 0.717) is 25.2 Å². The summed E-state index contributed by atoms with van der Waals surface area (Å²) in [6.45, 7) is 4.12. The van der Waals surface area contributed by atoms with Gasteiger partial charge >= 0.3 is 0 Å². The highest BCUT2D eigenvalue weighted by molar-refractivity contribution is 7.89. The van der Waals surface area contributed by atoms with Gasteiger partial charge < -0.3 is 10.1 Å². The molecule has 2 rings (SSSR count). The van der Waals surface area contributed by atoms with Crippen molar-refractivity contribution in [2.75, 3.05) is 6.54 Å².